The molecule has 2 N–H and O–H groups in total. The van der Waals surface area contributed by atoms with Crippen LogP contribution in [0.2, 0.25) is 0 Å². The minimum absolute atomic E-state index is 0.727. The normalized spacial score (nSPS) is 18.6. The van der Waals surface area contributed by atoms with E-state index in [9.17, 15) is 0 Å². The van der Waals surface area contributed by atoms with Gasteiger partial charge in [0.1, 0.15) is 11.8 Å². The monoisotopic (exact) mass is 339 g/mol. The molecule has 0 aliphatic carbocycles. The molecule has 9 heteroatoms. The molecule has 0 atom stereocenters. The van der Waals surface area contributed by atoms with Gasteiger partial charge in [-0.1, -0.05) is 0 Å². The van der Waals surface area contributed by atoms with Crippen molar-refractivity contribution in [2.24, 2.45) is 0 Å². The van der Waals surface area contributed by atoms with Gasteiger partial charge in [-0.3, -0.25) is 9.58 Å². The third kappa shape index (κ3) is 2.75. The Balaban J connectivity index is 1.25. The van der Waals surface area contributed by atoms with Crippen LogP contribution >= 0.6 is 0 Å². The SMILES string of the molecule is c1nc(N2CCN(Cc3cc4n(n3)CCNC4)CC2)c2[nH]cnc2n1. The lowest BCUT2D eigenvalue weighted by molar-refractivity contribution is 0.246. The molecule has 2 aliphatic rings. The lowest BCUT2D eigenvalue weighted by Gasteiger charge is -2.35. The van der Waals surface area contributed by atoms with Gasteiger partial charge in [0.25, 0.3) is 0 Å². The largest absolute Gasteiger partial charge is 0.352 e. The standard InChI is InChI=1S/C16H21N9/c1-2-25-13(8-17-1)7-12(22-25)9-23-3-5-24(6-4-23)16-14-15(19-10-18-14)20-11-21-16/h7,10-11,17H,1-6,8-9H2,(H,18,19,20,21). The van der Waals surface area contributed by atoms with Crippen molar-refractivity contribution in [3.8, 4) is 0 Å². The fraction of sp³-hybridized carbons (Fsp3) is 0.500. The van der Waals surface area contributed by atoms with Gasteiger partial charge in [-0.05, 0) is 6.07 Å². The van der Waals surface area contributed by atoms with Crippen LogP contribution in [0.4, 0.5) is 5.82 Å². The van der Waals surface area contributed by atoms with Gasteiger partial charge in [-0.2, -0.15) is 5.10 Å². The Labute approximate surface area is 145 Å². The zero-order chi connectivity index (χ0) is 16.6. The van der Waals surface area contributed by atoms with E-state index in [1.807, 2.05) is 0 Å². The van der Waals surface area contributed by atoms with Gasteiger partial charge in [0, 0.05) is 45.8 Å². The van der Waals surface area contributed by atoms with Crippen molar-refractivity contribution in [1.29, 1.82) is 0 Å². The van der Waals surface area contributed by atoms with Gasteiger partial charge in [0.15, 0.2) is 11.5 Å². The number of nitrogens with zero attached hydrogens (tertiary/aromatic N) is 7. The second-order valence-corrected chi connectivity index (χ2v) is 6.59. The average molecular weight is 339 g/mol. The van der Waals surface area contributed by atoms with Crippen LogP contribution in [-0.2, 0) is 19.6 Å². The Bertz CT molecular complexity index is 851. The number of hydrogen-bond donors (Lipinski definition) is 2. The topological polar surface area (TPSA) is 90.8 Å². The molecule has 130 valence electrons. The number of hydrogen-bond acceptors (Lipinski definition) is 7. The lowest BCUT2D eigenvalue weighted by atomic mass is 10.2. The molecule has 1 fully saturated rings. The van der Waals surface area contributed by atoms with E-state index in [1.54, 1.807) is 12.7 Å². The zero-order valence-electron chi connectivity index (χ0n) is 14.0. The second-order valence-electron chi connectivity index (χ2n) is 6.59. The Kier molecular flexibility index (Phi) is 3.60. The van der Waals surface area contributed by atoms with Gasteiger partial charge < -0.3 is 15.2 Å². The molecule has 0 spiro atoms. The third-order valence-corrected chi connectivity index (χ3v) is 4.98. The highest BCUT2D eigenvalue weighted by Crippen LogP contribution is 2.21. The van der Waals surface area contributed by atoms with Crippen LogP contribution in [-0.4, -0.2) is 67.3 Å². The second kappa shape index (κ2) is 6.08. The Morgan fingerprint density at radius 1 is 1.04 bits per heavy atom. The number of anilines is 1. The molecule has 3 aromatic rings. The number of H-pyrrole nitrogens is 1. The summed E-state index contributed by atoms with van der Waals surface area (Å²) in [5.74, 6) is 0.950. The van der Waals surface area contributed by atoms with Crippen LogP contribution in [0.3, 0.4) is 0 Å². The number of nitrogens with one attached hydrogen (secondary N) is 2. The summed E-state index contributed by atoms with van der Waals surface area (Å²) >= 11 is 0. The fourth-order valence-electron chi connectivity index (χ4n) is 3.67. The number of fused-ring (bicyclic) bond motifs is 2. The van der Waals surface area contributed by atoms with Gasteiger partial charge in [0.2, 0.25) is 0 Å². The summed E-state index contributed by atoms with van der Waals surface area (Å²) in [5.41, 5.74) is 4.11. The molecule has 9 nitrogen and oxygen atoms in total. The maximum atomic E-state index is 4.74. The van der Waals surface area contributed by atoms with Crippen LogP contribution in [0.25, 0.3) is 11.2 Å². The molecule has 0 bridgehead atoms. The highest BCUT2D eigenvalue weighted by atomic mass is 15.3. The van der Waals surface area contributed by atoms with Crippen LogP contribution in [0.1, 0.15) is 11.4 Å². The quantitative estimate of drug-likeness (QED) is 0.693. The molecular weight excluding hydrogens is 318 g/mol. The number of rotatable bonds is 3. The molecule has 0 aromatic carbocycles. The molecule has 1 saturated heterocycles. The molecule has 3 aromatic heterocycles. The fourth-order valence-corrected chi connectivity index (χ4v) is 3.67. The Hall–Kier alpha value is -2.52. The van der Waals surface area contributed by atoms with Crippen LogP contribution in [0.5, 0.6) is 0 Å². The van der Waals surface area contributed by atoms with Gasteiger partial charge in [-0.25, -0.2) is 15.0 Å². The van der Waals surface area contributed by atoms with E-state index in [0.717, 1.165) is 69.3 Å². The Morgan fingerprint density at radius 3 is 2.84 bits per heavy atom. The van der Waals surface area contributed by atoms with Crippen molar-refractivity contribution in [3.63, 3.8) is 0 Å². The average Bonchev–Trinajstić information content (AvgIpc) is 3.28. The van der Waals surface area contributed by atoms with E-state index in [0.29, 0.717) is 0 Å². The summed E-state index contributed by atoms with van der Waals surface area (Å²) in [6.45, 7) is 7.71. The summed E-state index contributed by atoms with van der Waals surface area (Å²) in [6.07, 6.45) is 3.27. The van der Waals surface area contributed by atoms with Crippen LogP contribution in [0.15, 0.2) is 18.7 Å². The van der Waals surface area contributed by atoms with Crippen molar-refractivity contribution in [3.05, 3.63) is 30.1 Å². The van der Waals surface area contributed by atoms with E-state index in [-0.39, 0.29) is 0 Å². The predicted molar refractivity (Wildman–Crippen MR) is 93.1 cm³/mol. The molecule has 0 saturated carbocycles. The molecule has 0 unspecified atom stereocenters. The molecule has 0 amide bonds. The first-order valence-corrected chi connectivity index (χ1v) is 8.74. The van der Waals surface area contributed by atoms with Crippen molar-refractivity contribution in [2.45, 2.75) is 19.6 Å². The number of piperazine rings is 1. The number of aromatic nitrogens is 6. The van der Waals surface area contributed by atoms with Gasteiger partial charge in [0.05, 0.1) is 24.3 Å². The molecule has 5 rings (SSSR count). The van der Waals surface area contributed by atoms with Crippen LogP contribution < -0.4 is 10.2 Å². The zero-order valence-corrected chi connectivity index (χ0v) is 14.0. The highest BCUT2D eigenvalue weighted by molar-refractivity contribution is 5.82. The first kappa shape index (κ1) is 14.8. The van der Waals surface area contributed by atoms with E-state index in [1.165, 1.54) is 11.4 Å². The maximum Gasteiger partial charge on any atom is 0.182 e. The number of aromatic amines is 1. The first-order valence-electron chi connectivity index (χ1n) is 8.74. The first-order chi connectivity index (χ1) is 12.4. The lowest BCUT2D eigenvalue weighted by Crippen LogP contribution is -2.46. The summed E-state index contributed by atoms with van der Waals surface area (Å²) in [7, 11) is 0. The molecule has 25 heavy (non-hydrogen) atoms. The van der Waals surface area contributed by atoms with E-state index >= 15 is 0 Å². The minimum atomic E-state index is 0.727. The van der Waals surface area contributed by atoms with Gasteiger partial charge in [-0.15, -0.1) is 0 Å². The van der Waals surface area contributed by atoms with Crippen molar-refractivity contribution < 1.29 is 0 Å². The number of imidazole rings is 1. The van der Waals surface area contributed by atoms with Crippen molar-refractivity contribution in [1.82, 2.24) is 39.9 Å². The highest BCUT2D eigenvalue weighted by Gasteiger charge is 2.22. The minimum Gasteiger partial charge on any atom is -0.352 e. The maximum absolute atomic E-state index is 4.74. The molecule has 2 aliphatic heterocycles. The summed E-state index contributed by atoms with van der Waals surface area (Å²) in [6, 6.07) is 2.23. The summed E-state index contributed by atoms with van der Waals surface area (Å²) in [4.78, 5) is 20.8. The third-order valence-electron chi connectivity index (χ3n) is 4.98. The predicted octanol–water partition coefficient (Wildman–Crippen LogP) is -0.0252. The smallest absolute Gasteiger partial charge is 0.182 e. The molecular formula is C16H21N9. The molecule has 5 heterocycles. The van der Waals surface area contributed by atoms with Gasteiger partial charge >= 0.3 is 0 Å². The summed E-state index contributed by atoms with van der Waals surface area (Å²) < 4.78 is 2.14. The van der Waals surface area contributed by atoms with Crippen molar-refractivity contribution >= 4 is 17.0 Å². The van der Waals surface area contributed by atoms with Crippen LogP contribution in [0, 0.1) is 0 Å². The van der Waals surface area contributed by atoms with Crippen molar-refractivity contribution in [2.75, 3.05) is 37.6 Å². The van der Waals surface area contributed by atoms with E-state index < -0.39 is 0 Å². The Morgan fingerprint density at radius 2 is 1.96 bits per heavy atom. The summed E-state index contributed by atoms with van der Waals surface area (Å²) in [5, 5.41) is 8.14. The van der Waals surface area contributed by atoms with E-state index in [4.69, 9.17) is 5.10 Å². The van der Waals surface area contributed by atoms with E-state index in [2.05, 4.69) is 45.8 Å². The molecule has 0 radical (unpaired) electrons.